The number of fused-ring (bicyclic) bond motifs is 2. The molecule has 0 aromatic carbocycles. The molecular weight excluding hydrogens is 987 g/mol. The highest BCUT2D eigenvalue weighted by molar-refractivity contribution is 5.90. The molecule has 2 heterocycles. The smallest absolute Gasteiger partial charge is 0.331 e. The number of guanidine groups is 1. The number of hydrogen-bond donors (Lipinski definition) is 13. The van der Waals surface area contributed by atoms with Crippen LogP contribution in [0.5, 0.6) is 0 Å². The van der Waals surface area contributed by atoms with Crippen molar-refractivity contribution in [2.24, 2.45) is 46.2 Å². The van der Waals surface area contributed by atoms with Gasteiger partial charge in [0.1, 0.15) is 24.7 Å². The van der Waals surface area contributed by atoms with E-state index < -0.39 is 133 Å². The van der Waals surface area contributed by atoms with E-state index in [2.05, 4.69) is 22.5 Å². The number of aliphatic hydroxyl groups is 10. The summed E-state index contributed by atoms with van der Waals surface area (Å²) in [6.07, 6.45) is 2.26. The number of allylic oxidation sites excluding steroid dienone is 6. The number of esters is 2. The summed E-state index contributed by atoms with van der Waals surface area (Å²) < 4.78 is 17.4. The number of nitrogens with two attached hydrogens (primary N) is 1. The monoisotopic (exact) mass is 1080 g/mol. The van der Waals surface area contributed by atoms with Gasteiger partial charge in [0.25, 0.3) is 0 Å². The molecule has 0 amide bonds. The molecule has 1 fully saturated rings. The molecule has 0 aromatic rings. The van der Waals surface area contributed by atoms with Crippen LogP contribution in [0.25, 0.3) is 0 Å². The number of cyclic esters (lactones) is 1. The zero-order valence-electron chi connectivity index (χ0n) is 46.1. The maximum absolute atomic E-state index is 13.3. The number of aliphatic imine (C=N–C) groups is 1. The first-order valence-electron chi connectivity index (χ1n) is 27.1. The van der Waals surface area contributed by atoms with E-state index in [9.17, 15) is 70.6 Å². The van der Waals surface area contributed by atoms with Gasteiger partial charge in [-0.05, 0) is 75.7 Å². The van der Waals surface area contributed by atoms with Gasteiger partial charge in [0, 0.05) is 75.4 Å². The van der Waals surface area contributed by atoms with Crippen molar-refractivity contribution in [1.82, 2.24) is 5.32 Å². The fourth-order valence-corrected chi connectivity index (χ4v) is 9.58. The largest absolute Gasteiger partial charge is 0.481 e. The topological polar surface area (TPSA) is 352 Å². The molecule has 19 unspecified atom stereocenters. The fraction of sp³-hybridized carbons (Fsp3) is 0.750. The van der Waals surface area contributed by atoms with Crippen LogP contribution in [0.2, 0.25) is 0 Å². The van der Waals surface area contributed by atoms with Gasteiger partial charge in [0.15, 0.2) is 11.7 Å². The summed E-state index contributed by atoms with van der Waals surface area (Å²) in [6.45, 7) is 12.9. The predicted octanol–water partition coefficient (Wildman–Crippen LogP) is 3.23. The molecule has 0 aromatic heterocycles. The number of unbranched alkanes of at least 4 members (excludes halogenated alkanes) is 2. The molecule has 0 radical (unpaired) electrons. The average molecular weight is 1080 g/mol. The van der Waals surface area contributed by atoms with Crippen LogP contribution < -0.4 is 11.1 Å². The molecule has 76 heavy (non-hydrogen) atoms. The summed E-state index contributed by atoms with van der Waals surface area (Å²) >= 11 is 0. The third-order valence-electron chi connectivity index (χ3n) is 15.0. The Bertz CT molecular complexity index is 1910. The normalized spacial score (nSPS) is 36.6. The number of hydrogen-bond acceptors (Lipinski definition) is 17. The van der Waals surface area contributed by atoms with E-state index in [1.165, 1.54) is 12.2 Å². The van der Waals surface area contributed by atoms with Gasteiger partial charge in [-0.15, -0.1) is 0 Å². The van der Waals surface area contributed by atoms with E-state index in [0.717, 1.165) is 32.1 Å². The Kier molecular flexibility index (Phi) is 31.1. The molecule has 14 N–H and O–H groups in total. The highest BCUT2D eigenvalue weighted by Gasteiger charge is 2.50. The van der Waals surface area contributed by atoms with Crippen molar-refractivity contribution in [3.63, 3.8) is 0 Å². The number of aliphatic hydroxyl groups excluding tert-OH is 9. The molecule has 20 heteroatoms. The Morgan fingerprint density at radius 1 is 0.816 bits per heavy atom. The molecule has 2 aliphatic heterocycles. The van der Waals surface area contributed by atoms with Crippen LogP contribution >= 0.6 is 0 Å². The lowest BCUT2D eigenvalue weighted by molar-refractivity contribution is -0.333. The quantitative estimate of drug-likeness (QED) is 0.0333. The first kappa shape index (κ1) is 68.0. The van der Waals surface area contributed by atoms with Crippen molar-refractivity contribution >= 4 is 23.9 Å². The Hall–Kier alpha value is -4.06. The fourth-order valence-electron chi connectivity index (χ4n) is 9.58. The number of ether oxygens (including phenoxy) is 3. The van der Waals surface area contributed by atoms with Gasteiger partial charge in [-0.1, -0.05) is 90.2 Å². The van der Waals surface area contributed by atoms with Crippen LogP contribution in [-0.4, -0.2) is 173 Å². The van der Waals surface area contributed by atoms with Crippen LogP contribution in [0.1, 0.15) is 138 Å². The minimum absolute atomic E-state index is 0.0637. The predicted molar refractivity (Wildman–Crippen MR) is 287 cm³/mol. The van der Waals surface area contributed by atoms with Crippen LogP contribution in [-0.2, 0) is 28.6 Å². The summed E-state index contributed by atoms with van der Waals surface area (Å²) in [5, 5.41) is 124. The summed E-state index contributed by atoms with van der Waals surface area (Å²) in [5.74, 6) is -8.29. The van der Waals surface area contributed by atoms with E-state index in [-0.39, 0.29) is 56.8 Å². The number of carbonyl (C=O) groups is 3. The SMILES string of the molecule is CN=C(N)NCCCC=CCCCC(C)C1OC(=O)C=CC=CC(C)C(O)CC(O)C(C)C(O)CCC(C)C(O)CC2(O)OC(CC(OC(=O)CC(=O)O)CC(O)CC(O)C(C)C(O)C(C)=CC=CC1C)CC(O)C2O. The van der Waals surface area contributed by atoms with Crippen LogP contribution in [0.15, 0.2) is 65.2 Å². The number of aliphatic carboxylic acids is 1. The van der Waals surface area contributed by atoms with Crippen molar-refractivity contribution in [2.75, 3.05) is 13.6 Å². The van der Waals surface area contributed by atoms with Gasteiger partial charge < -0.3 is 81.4 Å². The van der Waals surface area contributed by atoms with Crippen molar-refractivity contribution in [3.8, 4) is 0 Å². The second-order valence-electron chi connectivity index (χ2n) is 21.6. The number of carboxylic acid groups (broad SMARTS) is 1. The van der Waals surface area contributed by atoms with Crippen molar-refractivity contribution < 1.29 is 84.8 Å². The van der Waals surface area contributed by atoms with Gasteiger partial charge in [-0.2, -0.15) is 0 Å². The van der Waals surface area contributed by atoms with Crippen LogP contribution in [0, 0.1) is 35.5 Å². The summed E-state index contributed by atoms with van der Waals surface area (Å²) in [4.78, 5) is 41.2. The van der Waals surface area contributed by atoms with Crippen LogP contribution in [0.3, 0.4) is 0 Å². The Morgan fingerprint density at radius 3 is 2.12 bits per heavy atom. The lowest BCUT2D eigenvalue weighted by Gasteiger charge is -2.45. The van der Waals surface area contributed by atoms with Gasteiger partial charge in [-0.3, -0.25) is 14.6 Å². The highest BCUT2D eigenvalue weighted by atomic mass is 16.7. The molecule has 0 saturated carbocycles. The lowest BCUT2D eigenvalue weighted by atomic mass is 9.83. The van der Waals surface area contributed by atoms with Gasteiger partial charge >= 0.3 is 17.9 Å². The Morgan fingerprint density at radius 2 is 1.46 bits per heavy atom. The first-order chi connectivity index (χ1) is 35.7. The molecule has 1 saturated heterocycles. The third-order valence-corrected chi connectivity index (χ3v) is 15.0. The van der Waals surface area contributed by atoms with E-state index in [4.69, 9.17) is 19.9 Å². The molecular formula is C56H95N3O17. The second kappa shape index (κ2) is 34.7. The maximum Gasteiger partial charge on any atom is 0.331 e. The minimum Gasteiger partial charge on any atom is -0.481 e. The third kappa shape index (κ3) is 24.7. The highest BCUT2D eigenvalue weighted by Crippen LogP contribution is 2.36. The first-order valence-corrected chi connectivity index (χ1v) is 27.1. The molecule has 2 bridgehead atoms. The van der Waals surface area contributed by atoms with Gasteiger partial charge in [0.05, 0.1) is 54.9 Å². The zero-order valence-corrected chi connectivity index (χ0v) is 46.1. The summed E-state index contributed by atoms with van der Waals surface area (Å²) in [5.41, 5.74) is 6.16. The lowest BCUT2D eigenvalue weighted by Crippen LogP contribution is -2.60. The van der Waals surface area contributed by atoms with Gasteiger partial charge in [-0.25, -0.2) is 4.79 Å². The molecule has 0 aliphatic carbocycles. The number of nitrogens with one attached hydrogen (secondary N) is 1. The Labute approximate surface area is 450 Å². The summed E-state index contributed by atoms with van der Waals surface area (Å²) in [7, 11) is 1.62. The van der Waals surface area contributed by atoms with Crippen LogP contribution in [0.4, 0.5) is 0 Å². The molecule has 0 spiro atoms. The second-order valence-corrected chi connectivity index (χ2v) is 21.6. The van der Waals surface area contributed by atoms with E-state index in [0.29, 0.717) is 18.1 Å². The van der Waals surface area contributed by atoms with E-state index in [1.807, 2.05) is 19.9 Å². The van der Waals surface area contributed by atoms with Crippen molar-refractivity contribution in [3.05, 3.63) is 60.3 Å². The molecule has 436 valence electrons. The average Bonchev–Trinajstić information content (AvgIpc) is 3.35. The number of rotatable bonds is 12. The Balaban J connectivity index is 2.44. The zero-order chi connectivity index (χ0) is 57.3. The van der Waals surface area contributed by atoms with E-state index in [1.54, 1.807) is 66.0 Å². The molecule has 2 rings (SSSR count). The molecule has 20 nitrogen and oxygen atoms in total. The van der Waals surface area contributed by atoms with E-state index >= 15 is 0 Å². The summed E-state index contributed by atoms with van der Waals surface area (Å²) in [6, 6.07) is 0. The number of nitrogens with zero attached hydrogens (tertiary/aromatic N) is 1. The maximum atomic E-state index is 13.3. The van der Waals surface area contributed by atoms with Gasteiger partial charge in [0.2, 0.25) is 0 Å². The number of carbonyl (C=O) groups excluding carboxylic acids is 2. The molecule has 19 atom stereocenters. The number of carboxylic acids is 1. The minimum atomic E-state index is -2.53. The van der Waals surface area contributed by atoms with Crippen molar-refractivity contribution in [1.29, 1.82) is 0 Å². The van der Waals surface area contributed by atoms with Crippen molar-refractivity contribution in [2.45, 2.75) is 217 Å². The molecule has 2 aliphatic rings. The standard InChI is InChI=1S/C56H95N3O17/c1-33-18-14-15-22-50(69)75-53(36(4)19-13-11-9-10-12-16-25-59-55(57)58-8)37(5)21-17-20-35(3)52(71)39(7)45(63)27-40(60)26-41(74-51(70)31-49(67)68)28-42-29-47(65)54(72)56(73,76-42)32-48(66)34(2)23-24-43(61)38(6)46(64)30-44(33)62/h9-10,14-15,17-18,20-22,33-34,36-48,52-54,60-66,71-73H,11-13,16,19,23-32H2,1-8H3,(H,67,68)(H3,57,58,59).